The molecule has 106 valence electrons. The van der Waals surface area contributed by atoms with Crippen molar-refractivity contribution in [3.05, 3.63) is 81.8 Å². The number of nitrogens with zero attached hydrogens (tertiary/aromatic N) is 1. The van der Waals surface area contributed by atoms with Gasteiger partial charge in [-0.2, -0.15) is 4.73 Å². The quantitative estimate of drug-likeness (QED) is 0.747. The van der Waals surface area contributed by atoms with Crippen molar-refractivity contribution in [1.82, 2.24) is 4.73 Å². The van der Waals surface area contributed by atoms with Crippen LogP contribution in [0.1, 0.15) is 16.8 Å². The Morgan fingerprint density at radius 3 is 2.62 bits per heavy atom. The van der Waals surface area contributed by atoms with Crippen molar-refractivity contribution in [1.29, 1.82) is 0 Å². The molecule has 2 aromatic carbocycles. The van der Waals surface area contributed by atoms with Gasteiger partial charge in [0.15, 0.2) is 0 Å². The summed E-state index contributed by atoms with van der Waals surface area (Å²) in [4.78, 5) is 11.6. The van der Waals surface area contributed by atoms with Crippen molar-refractivity contribution in [3.63, 3.8) is 0 Å². The van der Waals surface area contributed by atoms with E-state index in [4.69, 9.17) is 0 Å². The molecule has 0 aliphatic carbocycles. The lowest BCUT2D eigenvalue weighted by atomic mass is 10.00. The summed E-state index contributed by atoms with van der Waals surface area (Å²) in [5.41, 5.74) is 2.37. The van der Waals surface area contributed by atoms with E-state index in [1.807, 2.05) is 31.2 Å². The van der Waals surface area contributed by atoms with Crippen LogP contribution in [-0.4, -0.2) is 9.94 Å². The number of aryl methyl sites for hydroxylation is 3. The monoisotopic (exact) mass is 279 g/mol. The standard InChI is InChI=1S/C18H17NO2/c1-13-11-16(19(21)18(20)12-13)10-9-15-7-4-6-14-5-2-3-8-17(14)15/h2-8,11-12,21H,9-10H2,1H3. The lowest BCUT2D eigenvalue weighted by Gasteiger charge is -2.09. The number of aromatic nitrogens is 1. The molecule has 0 aliphatic heterocycles. The van der Waals surface area contributed by atoms with Gasteiger partial charge in [0.05, 0.1) is 5.69 Å². The maximum atomic E-state index is 11.6. The Morgan fingerprint density at radius 2 is 1.76 bits per heavy atom. The number of pyridine rings is 1. The molecule has 0 saturated heterocycles. The molecule has 3 nitrogen and oxygen atoms in total. The fourth-order valence-electron chi connectivity index (χ4n) is 2.71. The lowest BCUT2D eigenvalue weighted by molar-refractivity contribution is 0.165. The van der Waals surface area contributed by atoms with Gasteiger partial charge in [-0.05, 0) is 47.7 Å². The first kappa shape index (κ1) is 13.4. The van der Waals surface area contributed by atoms with E-state index >= 15 is 0 Å². The Balaban J connectivity index is 1.92. The molecule has 0 saturated carbocycles. The summed E-state index contributed by atoms with van der Waals surface area (Å²) in [6.07, 6.45) is 1.41. The van der Waals surface area contributed by atoms with Crippen LogP contribution < -0.4 is 5.56 Å². The van der Waals surface area contributed by atoms with Crippen molar-refractivity contribution in [3.8, 4) is 0 Å². The highest BCUT2D eigenvalue weighted by molar-refractivity contribution is 5.85. The number of hydrogen-bond acceptors (Lipinski definition) is 2. The molecule has 0 atom stereocenters. The fraction of sp³-hybridized carbons (Fsp3) is 0.167. The zero-order valence-corrected chi connectivity index (χ0v) is 11.9. The first-order valence-electron chi connectivity index (χ1n) is 7.03. The van der Waals surface area contributed by atoms with Gasteiger partial charge >= 0.3 is 0 Å². The van der Waals surface area contributed by atoms with Gasteiger partial charge in [0, 0.05) is 6.07 Å². The number of hydrogen-bond donors (Lipinski definition) is 1. The second kappa shape index (κ2) is 5.44. The fourth-order valence-corrected chi connectivity index (χ4v) is 2.71. The molecule has 0 amide bonds. The number of fused-ring (bicyclic) bond motifs is 1. The summed E-state index contributed by atoms with van der Waals surface area (Å²) in [5, 5.41) is 12.2. The largest absolute Gasteiger partial charge is 0.425 e. The average Bonchev–Trinajstić information content (AvgIpc) is 2.49. The van der Waals surface area contributed by atoms with Crippen molar-refractivity contribution < 1.29 is 5.21 Å². The van der Waals surface area contributed by atoms with Crippen LogP contribution in [0.5, 0.6) is 0 Å². The molecule has 0 aliphatic rings. The molecule has 3 aromatic rings. The van der Waals surface area contributed by atoms with Crippen LogP contribution in [0.15, 0.2) is 59.4 Å². The van der Waals surface area contributed by atoms with Crippen LogP contribution in [0.3, 0.4) is 0 Å². The summed E-state index contributed by atoms with van der Waals surface area (Å²) < 4.78 is 0.748. The van der Waals surface area contributed by atoms with Gasteiger partial charge in [0.2, 0.25) is 0 Å². The van der Waals surface area contributed by atoms with E-state index in [9.17, 15) is 10.0 Å². The molecule has 0 spiro atoms. The molecule has 1 N–H and O–H groups in total. The summed E-state index contributed by atoms with van der Waals surface area (Å²) in [6.45, 7) is 1.86. The number of benzene rings is 2. The van der Waals surface area contributed by atoms with E-state index in [0.717, 1.165) is 16.7 Å². The summed E-state index contributed by atoms with van der Waals surface area (Å²) >= 11 is 0. The van der Waals surface area contributed by atoms with Gasteiger partial charge in [-0.25, -0.2) is 0 Å². The molecule has 0 unspecified atom stereocenters. The zero-order valence-electron chi connectivity index (χ0n) is 11.9. The first-order valence-corrected chi connectivity index (χ1v) is 7.03. The maximum Gasteiger partial charge on any atom is 0.283 e. The molecule has 0 radical (unpaired) electrons. The third kappa shape index (κ3) is 2.68. The lowest BCUT2D eigenvalue weighted by Crippen LogP contribution is -2.21. The number of rotatable bonds is 3. The topological polar surface area (TPSA) is 42.2 Å². The minimum atomic E-state index is -0.372. The Bertz CT molecular complexity index is 844. The third-order valence-electron chi connectivity index (χ3n) is 3.76. The smallest absolute Gasteiger partial charge is 0.283 e. The molecule has 1 aromatic heterocycles. The van der Waals surface area contributed by atoms with Gasteiger partial charge in [0.25, 0.3) is 5.56 Å². The summed E-state index contributed by atoms with van der Waals surface area (Å²) in [7, 11) is 0. The van der Waals surface area contributed by atoms with E-state index < -0.39 is 0 Å². The Kier molecular flexibility index (Phi) is 3.48. The van der Waals surface area contributed by atoms with Gasteiger partial charge < -0.3 is 5.21 Å². The van der Waals surface area contributed by atoms with Crippen molar-refractivity contribution in [2.24, 2.45) is 0 Å². The second-order valence-electron chi connectivity index (χ2n) is 5.31. The van der Waals surface area contributed by atoms with E-state index in [1.54, 1.807) is 0 Å². The van der Waals surface area contributed by atoms with Crippen LogP contribution in [0.2, 0.25) is 0 Å². The minimum Gasteiger partial charge on any atom is -0.425 e. The van der Waals surface area contributed by atoms with Crippen LogP contribution in [0, 0.1) is 6.92 Å². The molecular weight excluding hydrogens is 262 g/mol. The van der Waals surface area contributed by atoms with E-state index in [0.29, 0.717) is 12.1 Å². The van der Waals surface area contributed by atoms with Crippen LogP contribution in [0.25, 0.3) is 10.8 Å². The van der Waals surface area contributed by atoms with Gasteiger partial charge in [-0.1, -0.05) is 42.5 Å². The molecule has 3 heteroatoms. The molecule has 0 bridgehead atoms. The predicted molar refractivity (Wildman–Crippen MR) is 84.0 cm³/mol. The Hall–Kier alpha value is -2.55. The highest BCUT2D eigenvalue weighted by Crippen LogP contribution is 2.20. The average molecular weight is 279 g/mol. The third-order valence-corrected chi connectivity index (χ3v) is 3.76. The predicted octanol–water partition coefficient (Wildman–Crippen LogP) is 3.33. The summed E-state index contributed by atoms with van der Waals surface area (Å²) in [6, 6.07) is 17.8. The van der Waals surface area contributed by atoms with Crippen LogP contribution in [0.4, 0.5) is 0 Å². The van der Waals surface area contributed by atoms with Crippen LogP contribution >= 0.6 is 0 Å². The van der Waals surface area contributed by atoms with Crippen molar-refractivity contribution in [2.75, 3.05) is 0 Å². The van der Waals surface area contributed by atoms with Crippen molar-refractivity contribution in [2.45, 2.75) is 19.8 Å². The molecule has 3 rings (SSSR count). The highest BCUT2D eigenvalue weighted by Gasteiger charge is 2.06. The van der Waals surface area contributed by atoms with Gasteiger partial charge in [-0.3, -0.25) is 4.79 Å². The first-order chi connectivity index (χ1) is 10.1. The van der Waals surface area contributed by atoms with Gasteiger partial charge in [-0.15, -0.1) is 0 Å². The zero-order chi connectivity index (χ0) is 14.8. The second-order valence-corrected chi connectivity index (χ2v) is 5.31. The molecule has 21 heavy (non-hydrogen) atoms. The van der Waals surface area contributed by atoms with E-state index in [2.05, 4.69) is 24.3 Å². The molecule has 0 fully saturated rings. The SMILES string of the molecule is Cc1cc(CCc2cccc3ccccc23)n(O)c(=O)c1. The molecular formula is C18H17NO2. The minimum absolute atomic E-state index is 0.372. The van der Waals surface area contributed by atoms with Gasteiger partial charge in [0.1, 0.15) is 0 Å². The normalized spacial score (nSPS) is 10.9. The van der Waals surface area contributed by atoms with Crippen LogP contribution in [-0.2, 0) is 12.8 Å². The highest BCUT2D eigenvalue weighted by atomic mass is 16.5. The summed E-state index contributed by atoms with van der Waals surface area (Å²) in [5.74, 6) is 0. The van der Waals surface area contributed by atoms with Crippen molar-refractivity contribution >= 4 is 10.8 Å². The Morgan fingerprint density at radius 1 is 1.00 bits per heavy atom. The maximum absolute atomic E-state index is 11.6. The van der Waals surface area contributed by atoms with E-state index in [1.165, 1.54) is 22.4 Å². The Labute approximate surface area is 123 Å². The van der Waals surface area contributed by atoms with E-state index in [-0.39, 0.29) is 5.56 Å². The molecule has 1 heterocycles.